The number of benzene rings is 3. The Morgan fingerprint density at radius 1 is 0.833 bits per heavy atom. The minimum Gasteiger partial charge on any atom is -0.469 e. The van der Waals surface area contributed by atoms with E-state index in [1.54, 1.807) is 12.2 Å². The van der Waals surface area contributed by atoms with E-state index in [9.17, 15) is 19.2 Å². The third-order valence-electron chi connectivity index (χ3n) is 7.25. The fraction of sp³-hybridized carbons (Fsp3) is 0.294. The van der Waals surface area contributed by atoms with E-state index >= 15 is 0 Å². The van der Waals surface area contributed by atoms with Crippen molar-refractivity contribution in [2.75, 3.05) is 20.3 Å². The second-order valence-corrected chi connectivity index (χ2v) is 10.1. The van der Waals surface area contributed by atoms with Crippen molar-refractivity contribution in [1.29, 1.82) is 0 Å². The zero-order valence-corrected chi connectivity index (χ0v) is 23.8. The zero-order chi connectivity index (χ0) is 29.9. The highest BCUT2D eigenvalue weighted by Gasteiger charge is 2.31. The number of Topliss-reactive ketones (excluding diaryl/α,β-unsaturated/α-hetero) is 1. The van der Waals surface area contributed by atoms with Crippen molar-refractivity contribution < 1.29 is 33.4 Å². The van der Waals surface area contributed by atoms with Crippen LogP contribution in [0.15, 0.2) is 91.0 Å². The lowest BCUT2D eigenvalue weighted by atomic mass is 9.91. The van der Waals surface area contributed by atoms with Crippen LogP contribution in [0.4, 0.5) is 4.79 Å². The van der Waals surface area contributed by atoms with E-state index in [1.165, 1.54) is 14.0 Å². The monoisotopic (exact) mass is 569 g/mol. The minimum atomic E-state index is -0.961. The third kappa shape index (κ3) is 7.94. The van der Waals surface area contributed by atoms with Crippen LogP contribution in [0.5, 0.6) is 0 Å². The smallest absolute Gasteiger partial charge is 0.407 e. The first kappa shape index (κ1) is 30.2. The number of carbonyl (C=O) groups is 4. The summed E-state index contributed by atoms with van der Waals surface area (Å²) in [6.07, 6.45) is 2.83. The van der Waals surface area contributed by atoms with Crippen LogP contribution in [0.1, 0.15) is 42.4 Å². The van der Waals surface area contributed by atoms with E-state index in [0.29, 0.717) is 6.42 Å². The first-order valence-corrected chi connectivity index (χ1v) is 13.9. The van der Waals surface area contributed by atoms with Gasteiger partial charge in [0, 0.05) is 19.3 Å². The molecule has 0 saturated carbocycles. The number of ketones is 1. The number of carbonyl (C=O) groups excluding carboxylic acids is 4. The lowest BCUT2D eigenvalue weighted by molar-refractivity contribution is -0.147. The number of methoxy groups -OCH3 is 1. The van der Waals surface area contributed by atoms with Gasteiger partial charge in [0.2, 0.25) is 0 Å². The molecule has 0 aliphatic heterocycles. The maximum absolute atomic E-state index is 13.5. The highest BCUT2D eigenvalue weighted by atomic mass is 16.5. The largest absolute Gasteiger partial charge is 0.469 e. The molecular formula is C34H35NO7. The Morgan fingerprint density at radius 3 is 2.07 bits per heavy atom. The Labute approximate surface area is 245 Å². The Morgan fingerprint density at radius 2 is 1.45 bits per heavy atom. The van der Waals surface area contributed by atoms with Gasteiger partial charge in [0.25, 0.3) is 0 Å². The fourth-order valence-electron chi connectivity index (χ4n) is 5.21. The van der Waals surface area contributed by atoms with Gasteiger partial charge < -0.3 is 19.5 Å². The molecule has 42 heavy (non-hydrogen) atoms. The van der Waals surface area contributed by atoms with Gasteiger partial charge in [0.1, 0.15) is 13.2 Å². The molecule has 2 atom stereocenters. The second kappa shape index (κ2) is 14.8. The topological polar surface area (TPSA) is 108 Å². The molecule has 3 aromatic carbocycles. The van der Waals surface area contributed by atoms with Gasteiger partial charge in [-0.15, -0.1) is 0 Å². The molecule has 0 radical (unpaired) electrons. The summed E-state index contributed by atoms with van der Waals surface area (Å²) in [4.78, 5) is 50.1. The quantitative estimate of drug-likeness (QED) is 0.167. The summed E-state index contributed by atoms with van der Waals surface area (Å²) in [7, 11) is 1.29. The van der Waals surface area contributed by atoms with Gasteiger partial charge in [-0.05, 0) is 40.7 Å². The molecule has 1 aliphatic rings. The average Bonchev–Trinajstić information content (AvgIpc) is 3.32. The van der Waals surface area contributed by atoms with E-state index in [1.807, 2.05) is 66.7 Å². The van der Waals surface area contributed by atoms with Crippen LogP contribution in [-0.2, 0) is 35.0 Å². The van der Waals surface area contributed by atoms with Crippen LogP contribution in [0.2, 0.25) is 0 Å². The Balaban J connectivity index is 1.44. The van der Waals surface area contributed by atoms with E-state index in [2.05, 4.69) is 17.4 Å². The van der Waals surface area contributed by atoms with Gasteiger partial charge in [-0.25, -0.2) is 4.79 Å². The summed E-state index contributed by atoms with van der Waals surface area (Å²) in [5.74, 6) is -2.12. The van der Waals surface area contributed by atoms with Crippen LogP contribution in [0.25, 0.3) is 11.1 Å². The third-order valence-corrected chi connectivity index (χ3v) is 7.25. The maximum atomic E-state index is 13.5. The molecule has 8 nitrogen and oxygen atoms in total. The molecule has 1 N–H and O–H groups in total. The molecule has 0 bridgehead atoms. The van der Waals surface area contributed by atoms with Gasteiger partial charge in [-0.2, -0.15) is 0 Å². The number of rotatable bonds is 13. The average molecular weight is 570 g/mol. The maximum Gasteiger partial charge on any atom is 0.407 e. The number of hydrogen-bond acceptors (Lipinski definition) is 7. The number of esters is 2. The van der Waals surface area contributed by atoms with Crippen molar-refractivity contribution >= 4 is 23.8 Å². The Bertz CT molecular complexity index is 1390. The molecule has 0 spiro atoms. The summed E-state index contributed by atoms with van der Waals surface area (Å²) in [5, 5.41) is 2.69. The van der Waals surface area contributed by atoms with Crippen LogP contribution in [0.3, 0.4) is 0 Å². The summed E-state index contributed by atoms with van der Waals surface area (Å²) in [6, 6.07) is 24.4. The van der Waals surface area contributed by atoms with Crippen LogP contribution in [0, 0.1) is 5.92 Å². The number of alkyl carbamates (subject to hydrolysis) is 1. The molecule has 218 valence electrons. The summed E-state index contributed by atoms with van der Waals surface area (Å²) in [6.45, 7) is 1.44. The molecule has 0 fully saturated rings. The van der Waals surface area contributed by atoms with Crippen molar-refractivity contribution in [2.45, 2.75) is 38.1 Å². The lowest BCUT2D eigenvalue weighted by Crippen LogP contribution is -2.42. The van der Waals surface area contributed by atoms with Gasteiger partial charge in [-0.3, -0.25) is 14.4 Å². The fourth-order valence-corrected chi connectivity index (χ4v) is 5.21. The number of nitrogens with one attached hydrogen (secondary N) is 1. The number of hydrogen-bond donors (Lipinski definition) is 1. The van der Waals surface area contributed by atoms with E-state index in [0.717, 1.165) is 27.8 Å². The Kier molecular flexibility index (Phi) is 10.6. The molecule has 0 unspecified atom stereocenters. The molecule has 1 aliphatic carbocycles. The highest BCUT2D eigenvalue weighted by Crippen LogP contribution is 2.44. The first-order chi connectivity index (χ1) is 20.4. The van der Waals surface area contributed by atoms with Gasteiger partial charge in [0.15, 0.2) is 5.78 Å². The van der Waals surface area contributed by atoms with Crippen LogP contribution < -0.4 is 5.32 Å². The SMILES string of the molecule is COC(=O)[C@@H](CC(=O)[C@H](C/C=C/COC(C)=O)NC(=O)OCC1c2ccccc2-c2ccccc21)Cc1ccccc1. The normalized spacial score (nSPS) is 13.5. The van der Waals surface area contributed by atoms with Crippen molar-refractivity contribution in [3.05, 3.63) is 108 Å². The highest BCUT2D eigenvalue weighted by molar-refractivity contribution is 5.90. The Hall–Kier alpha value is -4.72. The van der Waals surface area contributed by atoms with Crippen molar-refractivity contribution in [3.8, 4) is 11.1 Å². The second-order valence-electron chi connectivity index (χ2n) is 10.1. The molecule has 3 aromatic rings. The number of ether oxygens (including phenoxy) is 3. The predicted molar refractivity (Wildman–Crippen MR) is 158 cm³/mol. The van der Waals surface area contributed by atoms with Crippen molar-refractivity contribution in [3.63, 3.8) is 0 Å². The van der Waals surface area contributed by atoms with E-state index < -0.39 is 30.0 Å². The molecule has 1 amide bonds. The van der Waals surface area contributed by atoms with Crippen molar-refractivity contribution in [1.82, 2.24) is 5.32 Å². The summed E-state index contributed by atoms with van der Waals surface area (Å²) < 4.78 is 15.5. The zero-order valence-electron chi connectivity index (χ0n) is 23.8. The van der Waals surface area contributed by atoms with Gasteiger partial charge in [-0.1, -0.05) is 91.0 Å². The van der Waals surface area contributed by atoms with Gasteiger partial charge in [0.05, 0.1) is 19.1 Å². The molecule has 0 heterocycles. The molecule has 4 rings (SSSR count). The lowest BCUT2D eigenvalue weighted by Gasteiger charge is -2.21. The van der Waals surface area contributed by atoms with Crippen LogP contribution in [-0.4, -0.2) is 50.2 Å². The molecule has 8 heteroatoms. The molecule has 0 aromatic heterocycles. The number of fused-ring (bicyclic) bond motifs is 3. The molecule has 0 saturated heterocycles. The standard InChI is InChI=1S/C34H35NO7/c1-23(36)41-19-11-10-18-31(32(37)21-25(33(38)40-2)20-24-12-4-3-5-13-24)35-34(39)42-22-30-28-16-8-6-14-26(28)27-15-7-9-17-29(27)30/h3-17,25,30-31H,18-22H2,1-2H3,(H,35,39)/b11-10+/t25-,31+/m1/s1. The summed E-state index contributed by atoms with van der Waals surface area (Å²) in [5.41, 5.74) is 5.27. The van der Waals surface area contributed by atoms with Crippen molar-refractivity contribution in [2.24, 2.45) is 5.92 Å². The van der Waals surface area contributed by atoms with Crippen LogP contribution >= 0.6 is 0 Å². The summed E-state index contributed by atoms with van der Waals surface area (Å²) >= 11 is 0. The number of amides is 1. The van der Waals surface area contributed by atoms with E-state index in [4.69, 9.17) is 14.2 Å². The minimum absolute atomic E-state index is 0.0416. The van der Waals surface area contributed by atoms with Gasteiger partial charge >= 0.3 is 18.0 Å². The molecular weight excluding hydrogens is 534 g/mol. The van der Waals surface area contributed by atoms with E-state index in [-0.39, 0.29) is 37.8 Å². The predicted octanol–water partition coefficient (Wildman–Crippen LogP) is 5.39. The first-order valence-electron chi connectivity index (χ1n) is 13.9.